The summed E-state index contributed by atoms with van der Waals surface area (Å²) in [6, 6.07) is 15.3. The molecule has 15 heteroatoms. The first kappa shape index (κ1) is 28.4. The molecule has 4 rings (SSSR count). The van der Waals surface area contributed by atoms with E-state index in [1.165, 1.54) is 55.5 Å². The third-order valence-corrected chi connectivity index (χ3v) is 7.24. The van der Waals surface area contributed by atoms with Crippen molar-refractivity contribution in [1.29, 1.82) is 0 Å². The monoisotopic (exact) mass is 583 g/mol. The average Bonchev–Trinajstić information content (AvgIpc) is 2.86. The molecule has 4 aromatic rings. The molecular formula is C25H21N5O8S2. The Morgan fingerprint density at radius 2 is 1.43 bits per heavy atom. The SMILES string of the molecule is CC(=O)Nc1ccc2c(O)c(N=Nc3ccc(N=Nc4ccc(S(=O)(=O)O)cc4)cc3C)c(S(=O)(=O)O)cc2c1. The number of benzene rings is 4. The van der Waals surface area contributed by atoms with Crippen molar-refractivity contribution in [2.24, 2.45) is 20.5 Å². The van der Waals surface area contributed by atoms with E-state index < -0.39 is 36.6 Å². The van der Waals surface area contributed by atoms with Crippen LogP contribution < -0.4 is 5.32 Å². The number of nitrogens with zero attached hydrogens (tertiary/aromatic N) is 4. The van der Waals surface area contributed by atoms with Gasteiger partial charge in [-0.2, -0.15) is 32.2 Å². The summed E-state index contributed by atoms with van der Waals surface area (Å²) in [6.07, 6.45) is 0. The predicted octanol–water partition coefficient (Wildman–Crippen LogP) is 6.14. The molecule has 1 amide bonds. The number of amides is 1. The van der Waals surface area contributed by atoms with Crippen LogP contribution in [0.3, 0.4) is 0 Å². The Labute approximate surface area is 228 Å². The van der Waals surface area contributed by atoms with E-state index in [0.717, 1.165) is 6.07 Å². The Kier molecular flexibility index (Phi) is 7.75. The van der Waals surface area contributed by atoms with Crippen LogP contribution in [0.5, 0.6) is 5.75 Å². The second-order valence-electron chi connectivity index (χ2n) is 8.50. The third kappa shape index (κ3) is 6.52. The highest BCUT2D eigenvalue weighted by Gasteiger charge is 2.22. The summed E-state index contributed by atoms with van der Waals surface area (Å²) in [5.41, 5.74) is 1.51. The third-order valence-electron chi connectivity index (χ3n) is 5.50. The summed E-state index contributed by atoms with van der Waals surface area (Å²) in [5, 5.41) is 29.8. The van der Waals surface area contributed by atoms with Gasteiger partial charge in [0.2, 0.25) is 5.91 Å². The fourth-order valence-electron chi connectivity index (χ4n) is 3.64. The van der Waals surface area contributed by atoms with Crippen LogP contribution in [-0.4, -0.2) is 37.0 Å². The zero-order valence-electron chi connectivity index (χ0n) is 20.8. The molecule has 206 valence electrons. The lowest BCUT2D eigenvalue weighted by atomic mass is 10.1. The second kappa shape index (κ2) is 10.9. The van der Waals surface area contributed by atoms with Crippen LogP contribution >= 0.6 is 0 Å². The smallest absolute Gasteiger partial charge is 0.296 e. The first-order chi connectivity index (χ1) is 18.7. The van der Waals surface area contributed by atoms with Crippen LogP contribution in [0, 0.1) is 6.92 Å². The van der Waals surface area contributed by atoms with Gasteiger partial charge >= 0.3 is 0 Å². The normalized spacial score (nSPS) is 12.4. The van der Waals surface area contributed by atoms with Crippen LogP contribution in [-0.2, 0) is 25.0 Å². The molecule has 40 heavy (non-hydrogen) atoms. The van der Waals surface area contributed by atoms with Crippen LogP contribution in [0.1, 0.15) is 12.5 Å². The topological polar surface area (TPSA) is 208 Å². The molecule has 0 aliphatic heterocycles. The lowest BCUT2D eigenvalue weighted by molar-refractivity contribution is -0.114. The summed E-state index contributed by atoms with van der Waals surface area (Å²) >= 11 is 0. The van der Waals surface area contributed by atoms with Gasteiger partial charge in [-0.15, -0.1) is 5.11 Å². The van der Waals surface area contributed by atoms with Gasteiger partial charge in [0.15, 0.2) is 5.75 Å². The second-order valence-corrected chi connectivity index (χ2v) is 11.3. The number of phenolic OH excluding ortho intramolecular Hbond substituents is 1. The number of hydrogen-bond donors (Lipinski definition) is 4. The summed E-state index contributed by atoms with van der Waals surface area (Å²) in [4.78, 5) is 10.4. The molecule has 0 aliphatic rings. The van der Waals surface area contributed by atoms with Crippen molar-refractivity contribution >= 4 is 65.4 Å². The number of nitrogens with one attached hydrogen (secondary N) is 1. The number of aryl methyl sites for hydroxylation is 1. The Morgan fingerprint density at radius 1 is 0.775 bits per heavy atom. The summed E-state index contributed by atoms with van der Waals surface area (Å²) < 4.78 is 65.3. The van der Waals surface area contributed by atoms with E-state index in [2.05, 4.69) is 25.8 Å². The standard InChI is InChI=1S/C25H21N5O8S2/c1-14-11-19(28-27-17-3-7-20(8-4-17)39(33,34)35)6-10-22(14)29-30-24-23(40(36,37)38)13-16-12-18(26-15(2)31)5-9-21(16)25(24)32/h3-13,32H,1-2H3,(H,26,31)(H,33,34,35)(H,36,37,38). The molecule has 0 saturated carbocycles. The summed E-state index contributed by atoms with van der Waals surface area (Å²) in [7, 11) is -9.15. The number of rotatable bonds is 7. The molecule has 4 N–H and O–H groups in total. The molecule has 13 nitrogen and oxygen atoms in total. The van der Waals surface area contributed by atoms with Crippen LogP contribution in [0.25, 0.3) is 10.8 Å². The van der Waals surface area contributed by atoms with Gasteiger partial charge in [-0.05, 0) is 84.6 Å². The quantitative estimate of drug-likeness (QED) is 0.146. The summed E-state index contributed by atoms with van der Waals surface area (Å²) in [5.74, 6) is -0.882. The zero-order valence-corrected chi connectivity index (χ0v) is 22.5. The van der Waals surface area contributed by atoms with Crippen molar-refractivity contribution in [2.75, 3.05) is 5.32 Å². The lowest BCUT2D eigenvalue weighted by Gasteiger charge is -2.10. The van der Waals surface area contributed by atoms with Crippen molar-refractivity contribution in [3.8, 4) is 5.75 Å². The van der Waals surface area contributed by atoms with E-state index in [9.17, 15) is 31.3 Å². The maximum atomic E-state index is 12.1. The van der Waals surface area contributed by atoms with Gasteiger partial charge in [0, 0.05) is 18.0 Å². The maximum Gasteiger partial charge on any atom is 0.296 e. The highest BCUT2D eigenvalue weighted by atomic mass is 32.2. The lowest BCUT2D eigenvalue weighted by Crippen LogP contribution is -2.05. The van der Waals surface area contributed by atoms with Crippen LogP contribution in [0.4, 0.5) is 28.4 Å². The number of carbonyl (C=O) groups is 1. The van der Waals surface area contributed by atoms with E-state index in [0.29, 0.717) is 28.3 Å². The van der Waals surface area contributed by atoms with E-state index in [4.69, 9.17) is 4.55 Å². The first-order valence-electron chi connectivity index (χ1n) is 11.3. The van der Waals surface area contributed by atoms with Gasteiger partial charge in [0.25, 0.3) is 20.2 Å². The number of fused-ring (bicyclic) bond motifs is 1. The van der Waals surface area contributed by atoms with E-state index in [-0.39, 0.29) is 21.6 Å². The maximum absolute atomic E-state index is 12.1. The molecule has 0 unspecified atom stereocenters. The minimum absolute atomic E-state index is 0.215. The van der Waals surface area contributed by atoms with Crippen molar-refractivity contribution in [3.05, 3.63) is 72.3 Å². The number of phenols is 1. The van der Waals surface area contributed by atoms with E-state index >= 15 is 0 Å². The molecule has 0 aliphatic carbocycles. The molecule has 0 bridgehead atoms. The number of aromatic hydroxyl groups is 1. The molecule has 4 aromatic carbocycles. The number of hydrogen-bond acceptors (Lipinski definition) is 10. The van der Waals surface area contributed by atoms with E-state index in [1.54, 1.807) is 19.1 Å². The summed E-state index contributed by atoms with van der Waals surface area (Å²) in [6.45, 7) is 2.99. The molecule has 0 saturated heterocycles. The molecule has 0 fully saturated rings. The Bertz CT molecular complexity index is 1920. The van der Waals surface area contributed by atoms with Gasteiger partial charge in [-0.3, -0.25) is 13.9 Å². The largest absolute Gasteiger partial charge is 0.505 e. The molecule has 0 heterocycles. The Hall–Kier alpha value is -4.57. The fourth-order valence-corrected chi connectivity index (χ4v) is 4.78. The van der Waals surface area contributed by atoms with Gasteiger partial charge in [0.05, 0.1) is 22.0 Å². The van der Waals surface area contributed by atoms with Gasteiger partial charge < -0.3 is 10.4 Å². The minimum Gasteiger partial charge on any atom is -0.505 e. The zero-order chi connectivity index (χ0) is 29.2. The number of carbonyl (C=O) groups excluding carboxylic acids is 1. The van der Waals surface area contributed by atoms with Crippen LogP contribution in [0.15, 0.2) is 97.0 Å². The highest BCUT2D eigenvalue weighted by Crippen LogP contribution is 2.42. The Balaban J connectivity index is 1.65. The van der Waals surface area contributed by atoms with Crippen molar-refractivity contribution < 1.29 is 35.8 Å². The van der Waals surface area contributed by atoms with Gasteiger partial charge in [-0.1, -0.05) is 0 Å². The number of anilines is 1. The molecule has 0 spiro atoms. The van der Waals surface area contributed by atoms with Crippen molar-refractivity contribution in [3.63, 3.8) is 0 Å². The van der Waals surface area contributed by atoms with Gasteiger partial charge in [0.1, 0.15) is 10.6 Å². The highest BCUT2D eigenvalue weighted by molar-refractivity contribution is 7.86. The molecule has 0 atom stereocenters. The average molecular weight is 584 g/mol. The van der Waals surface area contributed by atoms with Crippen molar-refractivity contribution in [1.82, 2.24) is 0 Å². The van der Waals surface area contributed by atoms with Crippen LogP contribution in [0.2, 0.25) is 0 Å². The predicted molar refractivity (Wildman–Crippen MR) is 146 cm³/mol. The van der Waals surface area contributed by atoms with E-state index in [1.807, 2.05) is 0 Å². The minimum atomic E-state index is -4.82. The molecular weight excluding hydrogens is 562 g/mol. The first-order valence-corrected chi connectivity index (χ1v) is 14.2. The molecule has 0 radical (unpaired) electrons. The molecule has 0 aromatic heterocycles. The van der Waals surface area contributed by atoms with Crippen molar-refractivity contribution in [2.45, 2.75) is 23.6 Å². The Morgan fingerprint density at radius 3 is 2.02 bits per heavy atom. The van der Waals surface area contributed by atoms with Gasteiger partial charge in [-0.25, -0.2) is 0 Å². The fraction of sp³-hybridized carbons (Fsp3) is 0.0800. The number of azo groups is 2.